The Balaban J connectivity index is 1.40. The molecule has 1 aliphatic heterocycles. The van der Waals surface area contributed by atoms with Gasteiger partial charge in [-0.25, -0.2) is 4.99 Å². The quantitative estimate of drug-likeness (QED) is 0.249. The maximum Gasteiger partial charge on any atom is 0.280 e. The van der Waals surface area contributed by atoms with E-state index in [2.05, 4.69) is 69.4 Å². The molecule has 7 aromatic rings. The van der Waals surface area contributed by atoms with Crippen molar-refractivity contribution in [1.29, 1.82) is 0 Å². The summed E-state index contributed by atoms with van der Waals surface area (Å²) < 4.78 is 4.53. The summed E-state index contributed by atoms with van der Waals surface area (Å²) in [5, 5.41) is 15.9. The first-order chi connectivity index (χ1) is 19.6. The van der Waals surface area contributed by atoms with Crippen LogP contribution in [0.15, 0.2) is 89.9 Å². The summed E-state index contributed by atoms with van der Waals surface area (Å²) in [5.41, 5.74) is 8.03. The van der Waals surface area contributed by atoms with Crippen LogP contribution in [-0.4, -0.2) is 30.8 Å². The highest BCUT2D eigenvalue weighted by Gasteiger charge is 2.35. The minimum absolute atomic E-state index is 0.0399. The fraction of sp³-hybridized carbons (Fsp3) is 0.118. The van der Waals surface area contributed by atoms with Crippen LogP contribution in [0, 0.1) is 0 Å². The molecule has 0 fully saturated rings. The number of aromatic amines is 1. The van der Waals surface area contributed by atoms with E-state index >= 15 is 0 Å². The molecule has 0 unspecified atom stereocenters. The molecule has 0 bridgehead atoms. The first kappa shape index (κ1) is 22.8. The van der Waals surface area contributed by atoms with E-state index in [-0.39, 0.29) is 11.8 Å². The summed E-state index contributed by atoms with van der Waals surface area (Å²) in [5.74, 6) is -0.384. The van der Waals surface area contributed by atoms with Crippen LogP contribution < -0.4 is 0 Å². The lowest BCUT2D eigenvalue weighted by Gasteiger charge is -2.09. The van der Waals surface area contributed by atoms with E-state index in [1.54, 1.807) is 0 Å². The lowest BCUT2D eigenvalue weighted by atomic mass is 9.97. The number of hydrogen-bond donors (Lipinski definition) is 2. The van der Waals surface area contributed by atoms with Crippen molar-refractivity contribution in [3.8, 4) is 17.1 Å². The zero-order valence-electron chi connectivity index (χ0n) is 22.2. The number of aliphatic imine (C=N–C) groups is 1. The summed E-state index contributed by atoms with van der Waals surface area (Å²) in [4.78, 5) is 21.4. The molecule has 3 aromatic heterocycles. The number of carbonyl (C=O) groups excluding carboxylic acids is 1. The van der Waals surface area contributed by atoms with E-state index in [0.29, 0.717) is 22.5 Å². The molecule has 40 heavy (non-hydrogen) atoms. The topological polar surface area (TPSA) is 75.3 Å². The Morgan fingerprint density at radius 3 is 1.80 bits per heavy atom. The van der Waals surface area contributed by atoms with E-state index in [9.17, 15) is 9.90 Å². The van der Waals surface area contributed by atoms with Crippen molar-refractivity contribution < 1.29 is 9.90 Å². The van der Waals surface area contributed by atoms with Crippen molar-refractivity contribution in [3.63, 3.8) is 0 Å². The molecule has 6 nitrogen and oxygen atoms in total. The second kappa shape index (κ2) is 8.20. The molecular formula is C34H26N4O2. The van der Waals surface area contributed by atoms with Gasteiger partial charge in [-0.1, -0.05) is 72.8 Å². The van der Waals surface area contributed by atoms with Crippen molar-refractivity contribution in [3.05, 3.63) is 102 Å². The van der Waals surface area contributed by atoms with Gasteiger partial charge in [-0.15, -0.1) is 0 Å². The number of nitrogens with one attached hydrogen (secondary N) is 1. The number of aromatic hydroxyl groups is 1. The van der Waals surface area contributed by atoms with Gasteiger partial charge in [0.25, 0.3) is 5.91 Å². The van der Waals surface area contributed by atoms with Crippen LogP contribution in [0.5, 0.6) is 5.88 Å². The van der Waals surface area contributed by atoms with E-state index in [1.165, 1.54) is 0 Å². The zero-order chi connectivity index (χ0) is 27.1. The molecule has 2 N–H and O–H groups in total. The van der Waals surface area contributed by atoms with Crippen LogP contribution >= 0.6 is 0 Å². The lowest BCUT2D eigenvalue weighted by Crippen LogP contribution is -2.04. The van der Waals surface area contributed by atoms with Crippen molar-refractivity contribution in [2.45, 2.75) is 26.9 Å². The lowest BCUT2D eigenvalue weighted by molar-refractivity contribution is 0.101. The van der Waals surface area contributed by atoms with Crippen LogP contribution in [0.3, 0.4) is 0 Å². The van der Waals surface area contributed by atoms with Gasteiger partial charge in [0.2, 0.25) is 0 Å². The molecule has 8 rings (SSSR count). The van der Waals surface area contributed by atoms with E-state index in [0.717, 1.165) is 67.8 Å². The molecule has 0 saturated carbocycles. The third-order valence-electron chi connectivity index (χ3n) is 8.38. The van der Waals surface area contributed by atoms with Gasteiger partial charge in [0.15, 0.2) is 5.88 Å². The highest BCUT2D eigenvalue weighted by molar-refractivity contribution is 6.34. The number of aromatic nitrogens is 3. The first-order valence-corrected chi connectivity index (χ1v) is 13.7. The smallest absolute Gasteiger partial charge is 0.280 e. The summed E-state index contributed by atoms with van der Waals surface area (Å²) in [7, 11) is 0. The number of nitrogens with zero attached hydrogens (tertiary/aromatic N) is 3. The molecule has 0 radical (unpaired) electrons. The van der Waals surface area contributed by atoms with Crippen molar-refractivity contribution in [1.82, 2.24) is 14.1 Å². The van der Waals surface area contributed by atoms with Crippen LogP contribution in [0.25, 0.3) is 54.9 Å². The number of hydrogen-bond acceptors (Lipinski definition) is 2. The number of benzene rings is 4. The molecule has 4 aromatic carbocycles. The Morgan fingerprint density at radius 1 is 0.675 bits per heavy atom. The van der Waals surface area contributed by atoms with Crippen molar-refractivity contribution in [2.24, 2.45) is 4.99 Å². The van der Waals surface area contributed by atoms with Gasteiger partial charge in [0.1, 0.15) is 0 Å². The molecule has 6 heteroatoms. The zero-order valence-corrected chi connectivity index (χ0v) is 22.2. The van der Waals surface area contributed by atoms with Crippen LogP contribution in [0.4, 0.5) is 0 Å². The maximum absolute atomic E-state index is 13.6. The molecule has 194 valence electrons. The first-order valence-electron chi connectivity index (χ1n) is 13.7. The number of amides is 1. The average Bonchev–Trinajstić information content (AvgIpc) is 3.71. The maximum atomic E-state index is 13.6. The predicted octanol–water partition coefficient (Wildman–Crippen LogP) is 7.63. The Morgan fingerprint density at radius 2 is 1.20 bits per heavy atom. The number of rotatable bonds is 4. The number of carbonyl (C=O) groups is 1. The van der Waals surface area contributed by atoms with Crippen LogP contribution in [0.2, 0.25) is 0 Å². The highest BCUT2D eigenvalue weighted by atomic mass is 16.3. The normalized spacial score (nSPS) is 13.2. The van der Waals surface area contributed by atoms with Gasteiger partial charge in [-0.3, -0.25) is 4.79 Å². The number of H-pyrrole nitrogens is 1. The van der Waals surface area contributed by atoms with Gasteiger partial charge in [0, 0.05) is 56.8 Å². The van der Waals surface area contributed by atoms with Crippen molar-refractivity contribution >= 4 is 55.2 Å². The van der Waals surface area contributed by atoms with Gasteiger partial charge in [-0.05, 0) is 26.0 Å². The highest BCUT2D eigenvalue weighted by Crippen LogP contribution is 2.43. The third kappa shape index (κ3) is 2.82. The predicted molar refractivity (Wildman–Crippen MR) is 162 cm³/mol. The molecular weight excluding hydrogens is 496 g/mol. The summed E-state index contributed by atoms with van der Waals surface area (Å²) in [6.07, 6.45) is 0. The standard InChI is InChI=1S/C34H26N4O2/c1-3-37-25-17-7-5-11-19(25)21-13-9-15-23(31(21)37)29-27-28(34(40)35-29)30(36-33(27)39)24-16-10-14-22-20-12-6-8-18-26(20)38(4-2)32(22)24/h5-18,35,40H,3-4H2,1-2H3. The Labute approximate surface area is 229 Å². The Hall–Kier alpha value is -5.10. The molecule has 0 spiro atoms. The minimum atomic E-state index is -0.344. The second-order valence-electron chi connectivity index (χ2n) is 10.3. The van der Waals surface area contributed by atoms with Gasteiger partial charge >= 0.3 is 0 Å². The fourth-order valence-electron chi connectivity index (χ4n) is 6.81. The monoisotopic (exact) mass is 522 g/mol. The third-order valence-corrected chi connectivity index (χ3v) is 8.38. The molecule has 0 saturated heterocycles. The van der Waals surface area contributed by atoms with Crippen molar-refractivity contribution in [2.75, 3.05) is 0 Å². The van der Waals surface area contributed by atoms with E-state index in [1.807, 2.05) is 48.5 Å². The van der Waals surface area contributed by atoms with Crippen LogP contribution in [0.1, 0.15) is 35.3 Å². The number of para-hydroxylation sites is 4. The summed E-state index contributed by atoms with van der Waals surface area (Å²) >= 11 is 0. The van der Waals surface area contributed by atoms with E-state index < -0.39 is 0 Å². The SMILES string of the molecule is CCn1c2ccccc2c2cccc(C3=NC(=O)c4c(-c5cccc6c7ccccc7n(CC)c56)[nH]c(O)c43)c21. The molecule has 1 aliphatic rings. The van der Waals surface area contributed by atoms with Gasteiger partial charge < -0.3 is 19.2 Å². The summed E-state index contributed by atoms with van der Waals surface area (Å²) in [6.45, 7) is 5.78. The van der Waals surface area contributed by atoms with Gasteiger partial charge in [0.05, 0.1) is 33.6 Å². The molecule has 0 atom stereocenters. The average molecular weight is 523 g/mol. The molecule has 4 heterocycles. The Kier molecular flexibility index (Phi) is 4.68. The number of aryl methyl sites for hydroxylation is 2. The fourth-order valence-corrected chi connectivity index (χ4v) is 6.81. The van der Waals surface area contributed by atoms with Crippen LogP contribution in [-0.2, 0) is 13.1 Å². The Bertz CT molecular complexity index is 2220. The molecule has 1 amide bonds. The van der Waals surface area contributed by atoms with Gasteiger partial charge in [-0.2, -0.15) is 0 Å². The summed E-state index contributed by atoms with van der Waals surface area (Å²) in [6, 6.07) is 28.9. The molecule has 0 aliphatic carbocycles. The van der Waals surface area contributed by atoms with E-state index in [4.69, 9.17) is 0 Å². The minimum Gasteiger partial charge on any atom is -0.494 e. The largest absolute Gasteiger partial charge is 0.494 e. The number of fused-ring (bicyclic) bond motifs is 7. The second-order valence-corrected chi connectivity index (χ2v) is 10.3.